The highest BCUT2D eigenvalue weighted by molar-refractivity contribution is 5.94. The van der Waals surface area contributed by atoms with E-state index in [1.165, 1.54) is 43.4 Å². The first-order chi connectivity index (χ1) is 15.9. The lowest BCUT2D eigenvalue weighted by atomic mass is 9.85. The maximum absolute atomic E-state index is 14.4. The molecule has 1 aromatic heterocycles. The zero-order valence-corrected chi connectivity index (χ0v) is 18.9. The van der Waals surface area contributed by atoms with Gasteiger partial charge in [-0.3, -0.25) is 9.59 Å². The van der Waals surface area contributed by atoms with Crippen LogP contribution in [0.2, 0.25) is 0 Å². The van der Waals surface area contributed by atoms with Crippen molar-refractivity contribution in [2.24, 2.45) is 5.92 Å². The van der Waals surface area contributed by atoms with Crippen LogP contribution in [0.4, 0.5) is 10.3 Å². The molecule has 2 heterocycles. The minimum absolute atomic E-state index is 0.0151. The van der Waals surface area contributed by atoms with Crippen molar-refractivity contribution in [1.82, 2.24) is 14.6 Å². The van der Waals surface area contributed by atoms with Crippen molar-refractivity contribution in [3.8, 4) is 6.07 Å². The Balaban J connectivity index is 1.57. The number of hydrogen-bond acceptors (Lipinski definition) is 6. The lowest BCUT2D eigenvalue weighted by molar-refractivity contribution is 0.0723. The maximum atomic E-state index is 14.4. The molecule has 0 spiro atoms. The molecule has 2 aromatic rings. The van der Waals surface area contributed by atoms with E-state index in [-0.39, 0.29) is 29.3 Å². The molecule has 1 aromatic carbocycles. The molecule has 4 rings (SSSR count). The van der Waals surface area contributed by atoms with Gasteiger partial charge in [0.15, 0.2) is 0 Å². The van der Waals surface area contributed by atoms with Gasteiger partial charge in [0.1, 0.15) is 12.9 Å². The summed E-state index contributed by atoms with van der Waals surface area (Å²) in [4.78, 5) is 37.5. The number of carbonyl (C=O) groups is 1. The SMILES string of the molecule is COn1c(NC(C)C2CCCCC2)nc2c(c1=O)CN(C(=O)c1ccc(C#N)cc1F)CC2. The Hall–Kier alpha value is -3.41. The molecule has 1 aliphatic carbocycles. The number of nitrogens with zero attached hydrogens (tertiary/aromatic N) is 4. The number of nitriles is 1. The van der Waals surface area contributed by atoms with Gasteiger partial charge in [0.05, 0.1) is 35.0 Å². The predicted octanol–water partition coefficient (Wildman–Crippen LogP) is 2.89. The Bertz CT molecular complexity index is 1150. The third kappa shape index (κ3) is 4.56. The molecule has 1 aliphatic heterocycles. The largest absolute Gasteiger partial charge is 0.411 e. The summed E-state index contributed by atoms with van der Waals surface area (Å²) in [6, 6.07) is 5.74. The fraction of sp³-hybridized carbons (Fsp3) is 0.500. The van der Waals surface area contributed by atoms with E-state index in [2.05, 4.69) is 17.2 Å². The average molecular weight is 454 g/mol. The Kier molecular flexibility index (Phi) is 6.63. The van der Waals surface area contributed by atoms with Crippen molar-refractivity contribution in [1.29, 1.82) is 5.26 Å². The normalized spacial score (nSPS) is 17.1. The molecule has 33 heavy (non-hydrogen) atoms. The van der Waals surface area contributed by atoms with E-state index in [0.29, 0.717) is 36.1 Å². The zero-order chi connectivity index (χ0) is 23.5. The number of benzene rings is 1. The third-order valence-corrected chi connectivity index (χ3v) is 6.70. The van der Waals surface area contributed by atoms with E-state index < -0.39 is 11.7 Å². The third-order valence-electron chi connectivity index (χ3n) is 6.70. The van der Waals surface area contributed by atoms with E-state index in [4.69, 9.17) is 10.1 Å². The predicted molar refractivity (Wildman–Crippen MR) is 120 cm³/mol. The summed E-state index contributed by atoms with van der Waals surface area (Å²) in [5.41, 5.74) is 0.621. The van der Waals surface area contributed by atoms with E-state index in [1.807, 2.05) is 6.07 Å². The zero-order valence-electron chi connectivity index (χ0n) is 18.9. The summed E-state index contributed by atoms with van der Waals surface area (Å²) in [7, 11) is 1.41. The van der Waals surface area contributed by atoms with Crippen LogP contribution in [0.5, 0.6) is 0 Å². The molecular formula is C24H28FN5O3. The number of carbonyl (C=O) groups excluding carboxylic acids is 1. The second-order valence-corrected chi connectivity index (χ2v) is 8.76. The molecule has 1 unspecified atom stereocenters. The van der Waals surface area contributed by atoms with Crippen LogP contribution in [0.25, 0.3) is 0 Å². The van der Waals surface area contributed by atoms with Crippen molar-refractivity contribution < 1.29 is 14.0 Å². The van der Waals surface area contributed by atoms with Crippen LogP contribution in [-0.4, -0.2) is 40.2 Å². The molecule has 0 radical (unpaired) electrons. The van der Waals surface area contributed by atoms with Gasteiger partial charge in [-0.2, -0.15) is 5.26 Å². The molecule has 0 bridgehead atoms. The molecule has 1 atom stereocenters. The molecule has 2 aliphatic rings. The van der Waals surface area contributed by atoms with Gasteiger partial charge in [0.25, 0.3) is 11.5 Å². The van der Waals surface area contributed by atoms with Gasteiger partial charge >= 0.3 is 0 Å². The highest BCUT2D eigenvalue weighted by Gasteiger charge is 2.29. The number of hydrogen-bond donors (Lipinski definition) is 1. The lowest BCUT2D eigenvalue weighted by Gasteiger charge is -2.31. The highest BCUT2D eigenvalue weighted by Crippen LogP contribution is 2.28. The molecule has 174 valence electrons. The standard InChI is InChI=1S/C24H28FN5O3/c1-15(17-6-4-3-5-7-17)27-24-28-21-10-11-29(14-19(21)23(32)30(24)33-2)22(31)18-9-8-16(13-26)12-20(18)25/h8-9,12,15,17H,3-7,10-11,14H2,1-2H3,(H,27,28). The molecular weight excluding hydrogens is 425 g/mol. The van der Waals surface area contributed by atoms with Gasteiger partial charge in [-0.05, 0) is 43.9 Å². The van der Waals surface area contributed by atoms with Crippen molar-refractivity contribution in [2.75, 3.05) is 19.0 Å². The molecule has 8 nitrogen and oxygen atoms in total. The van der Waals surface area contributed by atoms with Crippen LogP contribution in [0.3, 0.4) is 0 Å². The Labute approximate surface area is 191 Å². The van der Waals surface area contributed by atoms with Gasteiger partial charge < -0.3 is 15.1 Å². The number of amides is 1. The molecule has 9 heteroatoms. The monoisotopic (exact) mass is 453 g/mol. The fourth-order valence-electron chi connectivity index (χ4n) is 4.78. The van der Waals surface area contributed by atoms with Crippen LogP contribution in [0, 0.1) is 23.1 Å². The fourth-order valence-corrected chi connectivity index (χ4v) is 4.78. The minimum Gasteiger partial charge on any atom is -0.411 e. The van der Waals surface area contributed by atoms with Crippen LogP contribution in [0.15, 0.2) is 23.0 Å². The smallest absolute Gasteiger partial charge is 0.293 e. The summed E-state index contributed by atoms with van der Waals surface area (Å²) in [6.45, 7) is 2.43. The van der Waals surface area contributed by atoms with Gasteiger partial charge in [-0.1, -0.05) is 19.3 Å². The van der Waals surface area contributed by atoms with Crippen molar-refractivity contribution in [2.45, 2.75) is 58.0 Å². The quantitative estimate of drug-likeness (QED) is 0.747. The van der Waals surface area contributed by atoms with E-state index in [0.717, 1.165) is 23.6 Å². The van der Waals surface area contributed by atoms with Crippen LogP contribution in [-0.2, 0) is 13.0 Å². The summed E-state index contributed by atoms with van der Waals surface area (Å²) in [5.74, 6) is -0.391. The summed E-state index contributed by atoms with van der Waals surface area (Å²) < 4.78 is 15.5. The lowest BCUT2D eigenvalue weighted by Crippen LogP contribution is -2.43. The number of aromatic nitrogens is 2. The van der Waals surface area contributed by atoms with E-state index >= 15 is 0 Å². The number of fused-ring (bicyclic) bond motifs is 1. The maximum Gasteiger partial charge on any atom is 0.293 e. The van der Waals surface area contributed by atoms with Crippen molar-refractivity contribution >= 4 is 11.9 Å². The van der Waals surface area contributed by atoms with Crippen molar-refractivity contribution in [3.63, 3.8) is 0 Å². The van der Waals surface area contributed by atoms with E-state index in [1.54, 1.807) is 0 Å². The molecule has 0 saturated heterocycles. The first kappa shape index (κ1) is 22.8. The van der Waals surface area contributed by atoms with Gasteiger partial charge in [-0.25, -0.2) is 9.37 Å². The number of anilines is 1. The molecule has 1 N–H and O–H groups in total. The van der Waals surface area contributed by atoms with Crippen LogP contribution < -0.4 is 15.7 Å². The molecule has 1 fully saturated rings. The van der Waals surface area contributed by atoms with Crippen LogP contribution in [0.1, 0.15) is 66.2 Å². The van der Waals surface area contributed by atoms with Gasteiger partial charge in [-0.15, -0.1) is 4.73 Å². The van der Waals surface area contributed by atoms with Gasteiger partial charge in [0.2, 0.25) is 5.95 Å². The number of rotatable bonds is 5. The Morgan fingerprint density at radius 1 is 1.33 bits per heavy atom. The van der Waals surface area contributed by atoms with E-state index in [9.17, 15) is 14.0 Å². The second-order valence-electron chi connectivity index (χ2n) is 8.76. The first-order valence-corrected chi connectivity index (χ1v) is 11.4. The number of nitrogens with one attached hydrogen (secondary N) is 1. The Morgan fingerprint density at radius 3 is 2.76 bits per heavy atom. The second kappa shape index (κ2) is 9.61. The average Bonchev–Trinajstić information content (AvgIpc) is 2.84. The molecule has 1 amide bonds. The minimum atomic E-state index is -0.756. The summed E-state index contributed by atoms with van der Waals surface area (Å²) in [6.07, 6.45) is 6.39. The summed E-state index contributed by atoms with van der Waals surface area (Å²) in [5, 5.41) is 12.3. The highest BCUT2D eigenvalue weighted by atomic mass is 19.1. The topological polar surface area (TPSA) is 100 Å². The van der Waals surface area contributed by atoms with Gasteiger partial charge in [0, 0.05) is 19.0 Å². The van der Waals surface area contributed by atoms with Crippen molar-refractivity contribution in [3.05, 3.63) is 56.8 Å². The summed E-state index contributed by atoms with van der Waals surface area (Å²) >= 11 is 0. The molecule has 1 saturated carbocycles. The Morgan fingerprint density at radius 2 is 2.09 bits per heavy atom. The number of halogens is 1. The first-order valence-electron chi connectivity index (χ1n) is 11.4. The van der Waals surface area contributed by atoms with Crippen LogP contribution >= 0.6 is 0 Å².